The fraction of sp³-hybridized carbons (Fsp3) is 0.600. The summed E-state index contributed by atoms with van der Waals surface area (Å²) in [7, 11) is 0. The first-order valence-corrected chi connectivity index (χ1v) is 8.06. The average Bonchev–Trinajstić information content (AvgIpc) is 2.45. The standard InChI is InChI=1S/C15H20BrF3N2/c1-2-7-20-12-5-8-21(9-6-12)14-4-3-11(16)10-13(14)15(17,18)19/h3-4,10,12,20H,2,5-9H2,1H3. The SMILES string of the molecule is CCCNC1CCN(c2ccc(Br)cc2C(F)(F)F)CC1. The predicted molar refractivity (Wildman–Crippen MR) is 82.7 cm³/mol. The smallest absolute Gasteiger partial charge is 0.371 e. The van der Waals surface area contributed by atoms with Crippen molar-refractivity contribution in [3.63, 3.8) is 0 Å². The Labute approximate surface area is 131 Å². The molecule has 21 heavy (non-hydrogen) atoms. The summed E-state index contributed by atoms with van der Waals surface area (Å²) in [6.45, 7) is 4.40. The van der Waals surface area contributed by atoms with E-state index in [2.05, 4.69) is 28.2 Å². The molecule has 0 saturated carbocycles. The number of benzene rings is 1. The quantitative estimate of drug-likeness (QED) is 0.849. The van der Waals surface area contributed by atoms with E-state index in [1.54, 1.807) is 12.1 Å². The Morgan fingerprint density at radius 2 is 1.95 bits per heavy atom. The van der Waals surface area contributed by atoms with Crippen LogP contribution in [0, 0.1) is 0 Å². The van der Waals surface area contributed by atoms with E-state index in [1.807, 2.05) is 4.90 Å². The first kappa shape index (κ1) is 16.6. The van der Waals surface area contributed by atoms with Crippen molar-refractivity contribution in [3.8, 4) is 0 Å². The van der Waals surface area contributed by atoms with Gasteiger partial charge in [0.15, 0.2) is 0 Å². The highest BCUT2D eigenvalue weighted by atomic mass is 79.9. The first-order valence-electron chi connectivity index (χ1n) is 7.27. The van der Waals surface area contributed by atoms with Gasteiger partial charge in [0.25, 0.3) is 0 Å². The van der Waals surface area contributed by atoms with Crippen molar-refractivity contribution >= 4 is 21.6 Å². The van der Waals surface area contributed by atoms with Crippen LogP contribution in [0.15, 0.2) is 22.7 Å². The second-order valence-electron chi connectivity index (χ2n) is 5.37. The van der Waals surface area contributed by atoms with Crippen molar-refractivity contribution in [2.75, 3.05) is 24.5 Å². The largest absolute Gasteiger partial charge is 0.418 e. The minimum Gasteiger partial charge on any atom is -0.371 e. The molecule has 0 spiro atoms. The molecule has 0 bridgehead atoms. The van der Waals surface area contributed by atoms with Crippen molar-refractivity contribution in [2.45, 2.75) is 38.4 Å². The van der Waals surface area contributed by atoms with Crippen molar-refractivity contribution in [2.24, 2.45) is 0 Å². The number of rotatable bonds is 4. The van der Waals surface area contributed by atoms with Crippen LogP contribution < -0.4 is 10.2 Å². The van der Waals surface area contributed by atoms with E-state index < -0.39 is 11.7 Å². The lowest BCUT2D eigenvalue weighted by molar-refractivity contribution is -0.137. The van der Waals surface area contributed by atoms with E-state index >= 15 is 0 Å². The number of anilines is 1. The van der Waals surface area contributed by atoms with Gasteiger partial charge in [0, 0.05) is 29.3 Å². The van der Waals surface area contributed by atoms with Crippen LogP contribution in [0.5, 0.6) is 0 Å². The maximum atomic E-state index is 13.2. The molecule has 118 valence electrons. The molecule has 1 heterocycles. The molecule has 1 aliphatic heterocycles. The van der Waals surface area contributed by atoms with Gasteiger partial charge in [0.1, 0.15) is 0 Å². The summed E-state index contributed by atoms with van der Waals surface area (Å²) < 4.78 is 40.0. The van der Waals surface area contributed by atoms with Crippen molar-refractivity contribution in [1.82, 2.24) is 5.32 Å². The van der Waals surface area contributed by atoms with Crippen LogP contribution in [-0.4, -0.2) is 25.7 Å². The molecule has 1 fully saturated rings. The Kier molecular flexibility index (Phi) is 5.54. The van der Waals surface area contributed by atoms with Gasteiger partial charge in [0.2, 0.25) is 0 Å². The minimum atomic E-state index is -4.32. The minimum absolute atomic E-state index is 0.291. The lowest BCUT2D eigenvalue weighted by Crippen LogP contribution is -2.43. The lowest BCUT2D eigenvalue weighted by Gasteiger charge is -2.35. The van der Waals surface area contributed by atoms with E-state index in [0.29, 0.717) is 29.3 Å². The van der Waals surface area contributed by atoms with Crippen LogP contribution in [0.4, 0.5) is 18.9 Å². The lowest BCUT2D eigenvalue weighted by atomic mass is 10.0. The van der Waals surface area contributed by atoms with Crippen LogP contribution in [0.1, 0.15) is 31.7 Å². The maximum absolute atomic E-state index is 13.2. The molecular formula is C15H20BrF3N2. The van der Waals surface area contributed by atoms with E-state index in [-0.39, 0.29) is 0 Å². The number of nitrogens with zero attached hydrogens (tertiary/aromatic N) is 1. The highest BCUT2D eigenvalue weighted by molar-refractivity contribution is 9.10. The summed E-state index contributed by atoms with van der Waals surface area (Å²) in [4.78, 5) is 1.85. The molecule has 1 aromatic carbocycles. The molecule has 0 radical (unpaired) electrons. The summed E-state index contributed by atoms with van der Waals surface area (Å²) in [5.74, 6) is 0. The van der Waals surface area contributed by atoms with Gasteiger partial charge < -0.3 is 10.2 Å². The van der Waals surface area contributed by atoms with Gasteiger partial charge in [-0.25, -0.2) is 0 Å². The Morgan fingerprint density at radius 1 is 1.29 bits per heavy atom. The second-order valence-corrected chi connectivity index (χ2v) is 6.29. The Hall–Kier alpha value is -0.750. The van der Waals surface area contributed by atoms with Crippen LogP contribution >= 0.6 is 15.9 Å². The summed E-state index contributed by atoms with van der Waals surface area (Å²) in [6, 6.07) is 4.82. The third-order valence-corrected chi connectivity index (χ3v) is 4.28. The molecule has 1 aliphatic rings. The molecular weight excluding hydrogens is 345 g/mol. The number of nitrogens with one attached hydrogen (secondary N) is 1. The van der Waals surface area contributed by atoms with Crippen molar-refractivity contribution in [1.29, 1.82) is 0 Å². The summed E-state index contributed by atoms with van der Waals surface area (Å²) in [6.07, 6.45) is -1.48. The van der Waals surface area contributed by atoms with E-state index in [9.17, 15) is 13.2 Å². The predicted octanol–water partition coefficient (Wildman–Crippen LogP) is 4.44. The molecule has 2 rings (SSSR count). The summed E-state index contributed by atoms with van der Waals surface area (Å²) >= 11 is 3.12. The van der Waals surface area contributed by atoms with E-state index in [4.69, 9.17) is 0 Å². The van der Waals surface area contributed by atoms with Gasteiger partial charge in [-0.15, -0.1) is 0 Å². The Morgan fingerprint density at radius 3 is 2.52 bits per heavy atom. The van der Waals surface area contributed by atoms with Crippen molar-refractivity contribution in [3.05, 3.63) is 28.2 Å². The van der Waals surface area contributed by atoms with Gasteiger partial charge in [-0.05, 0) is 44.0 Å². The zero-order valence-electron chi connectivity index (χ0n) is 12.0. The van der Waals surface area contributed by atoms with Gasteiger partial charge in [0.05, 0.1) is 5.56 Å². The van der Waals surface area contributed by atoms with Crippen molar-refractivity contribution < 1.29 is 13.2 Å². The van der Waals surface area contributed by atoms with Crippen LogP contribution in [0.2, 0.25) is 0 Å². The molecule has 0 aliphatic carbocycles. The molecule has 0 amide bonds. The zero-order valence-corrected chi connectivity index (χ0v) is 13.6. The van der Waals surface area contributed by atoms with Gasteiger partial charge in [-0.3, -0.25) is 0 Å². The topological polar surface area (TPSA) is 15.3 Å². The van der Waals surface area contributed by atoms with Crippen LogP contribution in [0.3, 0.4) is 0 Å². The molecule has 1 saturated heterocycles. The first-order chi connectivity index (χ1) is 9.91. The van der Waals surface area contributed by atoms with Crippen LogP contribution in [-0.2, 0) is 6.18 Å². The number of halogens is 4. The number of hydrogen-bond acceptors (Lipinski definition) is 2. The highest BCUT2D eigenvalue weighted by Crippen LogP contribution is 2.39. The molecule has 0 aromatic heterocycles. The number of piperidine rings is 1. The maximum Gasteiger partial charge on any atom is 0.418 e. The molecule has 6 heteroatoms. The summed E-state index contributed by atoms with van der Waals surface area (Å²) in [5, 5.41) is 3.44. The second kappa shape index (κ2) is 7.01. The Bertz CT molecular complexity index is 468. The fourth-order valence-electron chi connectivity index (χ4n) is 2.68. The normalized spacial score (nSPS) is 17.3. The number of alkyl halides is 3. The molecule has 0 unspecified atom stereocenters. The highest BCUT2D eigenvalue weighted by Gasteiger charge is 2.35. The van der Waals surface area contributed by atoms with E-state index in [1.165, 1.54) is 0 Å². The molecule has 2 nitrogen and oxygen atoms in total. The molecule has 0 atom stereocenters. The monoisotopic (exact) mass is 364 g/mol. The zero-order chi connectivity index (χ0) is 15.5. The third kappa shape index (κ3) is 4.36. The third-order valence-electron chi connectivity index (χ3n) is 3.78. The van der Waals surface area contributed by atoms with Crippen LogP contribution in [0.25, 0.3) is 0 Å². The number of hydrogen-bond donors (Lipinski definition) is 1. The fourth-order valence-corrected chi connectivity index (χ4v) is 3.05. The molecule has 1 N–H and O–H groups in total. The van der Waals surface area contributed by atoms with E-state index in [0.717, 1.165) is 31.9 Å². The summed E-state index contributed by atoms with van der Waals surface area (Å²) in [5.41, 5.74) is -0.267. The van der Waals surface area contributed by atoms with Gasteiger partial charge in [-0.2, -0.15) is 13.2 Å². The Balaban J connectivity index is 2.10. The van der Waals surface area contributed by atoms with Gasteiger partial charge >= 0.3 is 6.18 Å². The average molecular weight is 365 g/mol. The van der Waals surface area contributed by atoms with Gasteiger partial charge in [-0.1, -0.05) is 22.9 Å². The molecule has 1 aromatic rings.